The molecule has 4 heteroatoms. The number of halogens is 1. The van der Waals surface area contributed by atoms with Crippen LogP contribution in [0.15, 0.2) is 59.0 Å². The summed E-state index contributed by atoms with van der Waals surface area (Å²) in [6.07, 6.45) is -0.769. The Balaban J connectivity index is 2.01. The van der Waals surface area contributed by atoms with Gasteiger partial charge in [0.05, 0.1) is 0 Å². The van der Waals surface area contributed by atoms with Crippen LogP contribution in [0.4, 0.5) is 4.39 Å². The van der Waals surface area contributed by atoms with Gasteiger partial charge in [0.15, 0.2) is 17.2 Å². The first-order valence-electron chi connectivity index (χ1n) is 6.50. The lowest BCUT2D eigenvalue weighted by molar-refractivity contribution is 0.0578. The van der Waals surface area contributed by atoms with Crippen molar-refractivity contribution in [1.29, 1.82) is 0 Å². The van der Waals surface area contributed by atoms with Gasteiger partial charge in [0.1, 0.15) is 6.10 Å². The van der Waals surface area contributed by atoms with Gasteiger partial charge >= 0.3 is 0 Å². The molecule has 3 aromatic rings. The summed E-state index contributed by atoms with van der Waals surface area (Å²) in [6.45, 7) is 0. The molecule has 0 aliphatic rings. The molecule has 0 bridgehead atoms. The molecule has 0 radical (unpaired) electrons. The summed E-state index contributed by atoms with van der Waals surface area (Å²) >= 11 is 0. The average Bonchev–Trinajstić information content (AvgIpc) is 2.95. The predicted molar refractivity (Wildman–Crippen MR) is 76.7 cm³/mol. The fourth-order valence-electron chi connectivity index (χ4n) is 2.30. The molecule has 2 aromatic carbocycles. The maximum absolute atomic E-state index is 13.6. The van der Waals surface area contributed by atoms with Crippen LogP contribution in [0.25, 0.3) is 11.0 Å². The lowest BCUT2D eigenvalue weighted by atomic mass is 10.0. The molecule has 0 spiro atoms. The molecule has 0 saturated heterocycles. The first-order chi connectivity index (χ1) is 10.2. The van der Waals surface area contributed by atoms with E-state index in [1.165, 1.54) is 19.2 Å². The van der Waals surface area contributed by atoms with E-state index in [1.54, 1.807) is 24.3 Å². The van der Waals surface area contributed by atoms with Crippen molar-refractivity contribution in [3.8, 4) is 0 Å². The largest absolute Gasteiger partial charge is 0.450 e. The molecular weight excluding hydrogens is 271 g/mol. The molecule has 0 N–H and O–H groups in total. The minimum Gasteiger partial charge on any atom is -0.450 e. The number of benzene rings is 2. The molecular formula is C17H13FO3. The highest BCUT2D eigenvalue weighted by Crippen LogP contribution is 2.27. The Kier molecular flexibility index (Phi) is 3.54. The molecule has 0 saturated carbocycles. The number of rotatable bonds is 4. The second-order valence-corrected chi connectivity index (χ2v) is 4.66. The first kappa shape index (κ1) is 13.5. The Hall–Kier alpha value is -2.46. The Labute approximate surface area is 120 Å². The molecule has 0 fully saturated rings. The van der Waals surface area contributed by atoms with Crippen LogP contribution in [-0.2, 0) is 4.74 Å². The van der Waals surface area contributed by atoms with E-state index in [4.69, 9.17) is 9.15 Å². The van der Waals surface area contributed by atoms with Crippen LogP contribution in [0.5, 0.6) is 0 Å². The third kappa shape index (κ3) is 2.45. The lowest BCUT2D eigenvalue weighted by Crippen LogP contribution is -2.14. The maximum atomic E-state index is 13.6. The summed E-state index contributed by atoms with van der Waals surface area (Å²) in [6, 6.07) is 15.2. The van der Waals surface area contributed by atoms with Crippen LogP contribution < -0.4 is 0 Å². The lowest BCUT2D eigenvalue weighted by Gasteiger charge is -2.12. The number of Topliss-reactive ketones (excluding diaryl/α,β-unsaturated/α-hetero) is 1. The molecule has 0 amide bonds. The summed E-state index contributed by atoms with van der Waals surface area (Å²) in [4.78, 5) is 12.5. The van der Waals surface area contributed by atoms with Gasteiger partial charge < -0.3 is 9.15 Å². The SMILES string of the molecule is COC(C(=O)c1cc2cccc(F)c2o1)c1ccccc1. The normalized spacial score (nSPS) is 12.5. The van der Waals surface area contributed by atoms with Crippen LogP contribution >= 0.6 is 0 Å². The summed E-state index contributed by atoms with van der Waals surface area (Å²) in [5.41, 5.74) is 0.815. The summed E-state index contributed by atoms with van der Waals surface area (Å²) in [7, 11) is 1.46. The van der Waals surface area contributed by atoms with Crippen LogP contribution in [0.1, 0.15) is 22.2 Å². The van der Waals surface area contributed by atoms with Crippen molar-refractivity contribution < 1.29 is 18.3 Å². The zero-order chi connectivity index (χ0) is 14.8. The van der Waals surface area contributed by atoms with Crippen molar-refractivity contribution in [2.24, 2.45) is 0 Å². The van der Waals surface area contributed by atoms with Gasteiger partial charge in [0.25, 0.3) is 0 Å². The minimum absolute atomic E-state index is 0.0868. The van der Waals surface area contributed by atoms with Gasteiger partial charge in [-0.05, 0) is 17.7 Å². The second-order valence-electron chi connectivity index (χ2n) is 4.66. The Morgan fingerprint density at radius 2 is 1.90 bits per heavy atom. The van der Waals surface area contributed by atoms with Gasteiger partial charge in [-0.15, -0.1) is 0 Å². The van der Waals surface area contributed by atoms with Crippen LogP contribution in [-0.4, -0.2) is 12.9 Å². The van der Waals surface area contributed by atoms with Gasteiger partial charge in [-0.3, -0.25) is 4.79 Å². The van der Waals surface area contributed by atoms with E-state index in [2.05, 4.69) is 0 Å². The van der Waals surface area contributed by atoms with E-state index >= 15 is 0 Å². The molecule has 3 nitrogen and oxygen atoms in total. The third-order valence-corrected chi connectivity index (χ3v) is 3.32. The number of hydrogen-bond donors (Lipinski definition) is 0. The van der Waals surface area contributed by atoms with E-state index in [0.717, 1.165) is 5.56 Å². The van der Waals surface area contributed by atoms with Crippen molar-refractivity contribution in [3.63, 3.8) is 0 Å². The molecule has 106 valence electrons. The van der Waals surface area contributed by atoms with E-state index < -0.39 is 11.9 Å². The summed E-state index contributed by atoms with van der Waals surface area (Å²) in [5.74, 6) is -0.731. The molecule has 1 atom stereocenters. The standard InChI is InChI=1S/C17H13FO3/c1-20-17(11-6-3-2-4-7-11)15(19)14-10-12-8-5-9-13(18)16(12)21-14/h2-10,17H,1H3. The number of furan rings is 1. The predicted octanol–water partition coefficient (Wildman–Crippen LogP) is 4.14. The number of carbonyl (C=O) groups is 1. The van der Waals surface area contributed by atoms with Crippen LogP contribution in [0.2, 0.25) is 0 Å². The zero-order valence-corrected chi connectivity index (χ0v) is 11.4. The molecule has 1 heterocycles. The average molecular weight is 284 g/mol. The molecule has 0 aliphatic carbocycles. The molecule has 1 aromatic heterocycles. The number of para-hydroxylation sites is 1. The fraction of sp³-hybridized carbons (Fsp3) is 0.118. The number of ketones is 1. The highest BCUT2D eigenvalue weighted by Gasteiger charge is 2.25. The van der Waals surface area contributed by atoms with Crippen molar-refractivity contribution in [2.75, 3.05) is 7.11 Å². The molecule has 1 unspecified atom stereocenters. The smallest absolute Gasteiger partial charge is 0.231 e. The van der Waals surface area contributed by atoms with Gasteiger partial charge in [0.2, 0.25) is 5.78 Å². The van der Waals surface area contributed by atoms with Crippen molar-refractivity contribution >= 4 is 16.8 Å². The first-order valence-corrected chi connectivity index (χ1v) is 6.50. The number of fused-ring (bicyclic) bond motifs is 1. The third-order valence-electron chi connectivity index (χ3n) is 3.32. The number of carbonyl (C=O) groups excluding carboxylic acids is 1. The van der Waals surface area contributed by atoms with Crippen LogP contribution in [0, 0.1) is 5.82 Å². The van der Waals surface area contributed by atoms with Crippen molar-refractivity contribution in [2.45, 2.75) is 6.10 Å². The fourth-order valence-corrected chi connectivity index (χ4v) is 2.30. The van der Waals surface area contributed by atoms with E-state index in [-0.39, 0.29) is 17.1 Å². The maximum Gasteiger partial charge on any atom is 0.231 e. The molecule has 0 aliphatic heterocycles. The Morgan fingerprint density at radius 3 is 2.57 bits per heavy atom. The van der Waals surface area contributed by atoms with Gasteiger partial charge in [0, 0.05) is 12.5 Å². The topological polar surface area (TPSA) is 39.4 Å². The monoisotopic (exact) mass is 284 g/mol. The van der Waals surface area contributed by atoms with Gasteiger partial charge in [-0.2, -0.15) is 0 Å². The number of hydrogen-bond acceptors (Lipinski definition) is 3. The minimum atomic E-state index is -0.769. The molecule has 3 rings (SSSR count). The van der Waals surface area contributed by atoms with E-state index in [0.29, 0.717) is 5.39 Å². The number of ether oxygens (including phenoxy) is 1. The van der Waals surface area contributed by atoms with Crippen molar-refractivity contribution in [1.82, 2.24) is 0 Å². The Bertz CT molecular complexity index is 777. The highest BCUT2D eigenvalue weighted by atomic mass is 19.1. The van der Waals surface area contributed by atoms with Crippen molar-refractivity contribution in [3.05, 3.63) is 71.7 Å². The second kappa shape index (κ2) is 5.50. The number of methoxy groups -OCH3 is 1. The quantitative estimate of drug-likeness (QED) is 0.676. The van der Waals surface area contributed by atoms with E-state index in [1.807, 2.05) is 18.2 Å². The highest BCUT2D eigenvalue weighted by molar-refractivity contribution is 6.00. The van der Waals surface area contributed by atoms with E-state index in [9.17, 15) is 9.18 Å². The zero-order valence-electron chi connectivity index (χ0n) is 11.4. The van der Waals surface area contributed by atoms with Gasteiger partial charge in [-0.25, -0.2) is 4.39 Å². The summed E-state index contributed by atoms with van der Waals surface area (Å²) in [5, 5.41) is 0.557. The van der Waals surface area contributed by atoms with Gasteiger partial charge in [-0.1, -0.05) is 42.5 Å². The van der Waals surface area contributed by atoms with Crippen LogP contribution in [0.3, 0.4) is 0 Å². The summed E-state index contributed by atoms with van der Waals surface area (Å²) < 4.78 is 24.3. The Morgan fingerprint density at radius 1 is 1.14 bits per heavy atom. The molecule has 21 heavy (non-hydrogen) atoms.